The molecule has 2 aliphatic rings. The van der Waals surface area contributed by atoms with Crippen LogP contribution in [0, 0.1) is 0 Å². The fourth-order valence-corrected chi connectivity index (χ4v) is 10.1. The molecule has 21 heteroatoms. The fourth-order valence-electron chi connectivity index (χ4n) is 9.29. The standard InChI is InChI=1S/C64H65O20P/c1-2-3-4-5-6-7-8-27-40-75-85(72,73)84-64-56(82-62(71)48-38-25-14-26-39-48)54(80-60(69)46-34-21-12-22-35-46)52(50(77-64)42-74-57(66)43-28-15-9-16-29-43)83-63-55(81-61(70)47-36-23-13-24-37-47)53(79-59(68)45-32-19-11-20-33-45)51(49(41-65)76-63)78-58(67)44-30-17-10-18-31-44/h2,9-26,28-39,49-56,63-65H,1,3-8,27,40-42H2,(H,72,73)/p-1/t49-,50-,51+,52-,53+,54+,55-,56+,63+,64-/m1/s1. The minimum atomic E-state index is -5.49. The molecule has 20 nitrogen and oxygen atoms in total. The summed E-state index contributed by atoms with van der Waals surface area (Å²) in [5, 5.41) is 11.2. The van der Waals surface area contributed by atoms with Gasteiger partial charge in [0.2, 0.25) is 6.29 Å². The topological polar surface area (TPSA) is 264 Å². The molecule has 85 heavy (non-hydrogen) atoms. The van der Waals surface area contributed by atoms with E-state index in [2.05, 4.69) is 6.58 Å². The first-order chi connectivity index (χ1) is 41.3. The van der Waals surface area contributed by atoms with Gasteiger partial charge in [0.05, 0.1) is 46.6 Å². The first-order valence-electron chi connectivity index (χ1n) is 27.7. The number of unbranched alkanes of at least 4 members (excludes halogenated alkanes) is 6. The lowest BCUT2D eigenvalue weighted by atomic mass is 9.95. The number of phosphoric acid groups is 1. The molecule has 2 heterocycles. The maximum absolute atomic E-state index is 14.6. The lowest BCUT2D eigenvalue weighted by molar-refractivity contribution is -0.354. The van der Waals surface area contributed by atoms with Crippen LogP contribution in [-0.2, 0) is 56.2 Å². The summed E-state index contributed by atoms with van der Waals surface area (Å²) in [7, 11) is -5.49. The van der Waals surface area contributed by atoms with Crippen molar-refractivity contribution in [1.82, 2.24) is 0 Å². The number of ether oxygens (including phenoxy) is 9. The van der Waals surface area contributed by atoms with E-state index in [-0.39, 0.29) is 40.0 Å². The molecule has 0 aromatic heterocycles. The largest absolute Gasteiger partial charge is 0.756 e. The molecule has 0 bridgehead atoms. The maximum atomic E-state index is 14.6. The molecule has 0 radical (unpaired) electrons. The number of phosphoric ester groups is 1. The maximum Gasteiger partial charge on any atom is 0.338 e. The lowest BCUT2D eigenvalue weighted by Crippen LogP contribution is -2.67. The second-order valence-electron chi connectivity index (χ2n) is 19.6. The van der Waals surface area contributed by atoms with E-state index in [9.17, 15) is 43.3 Å². The van der Waals surface area contributed by atoms with Crippen LogP contribution in [0.4, 0.5) is 0 Å². The van der Waals surface area contributed by atoms with Crippen LogP contribution in [0.25, 0.3) is 0 Å². The van der Waals surface area contributed by atoms with E-state index >= 15 is 0 Å². The number of aliphatic hydroxyl groups excluding tert-OH is 1. The van der Waals surface area contributed by atoms with E-state index in [0.717, 1.165) is 32.1 Å². The molecule has 2 fully saturated rings. The molecule has 0 saturated carbocycles. The Morgan fingerprint density at radius 1 is 0.447 bits per heavy atom. The first-order valence-corrected chi connectivity index (χ1v) is 29.1. The summed E-state index contributed by atoms with van der Waals surface area (Å²) in [5.74, 6) is -6.18. The summed E-state index contributed by atoms with van der Waals surface area (Å²) in [4.78, 5) is 99.5. The van der Waals surface area contributed by atoms with Gasteiger partial charge in [0.15, 0.2) is 36.8 Å². The van der Waals surface area contributed by atoms with Crippen LogP contribution in [0.1, 0.15) is 107 Å². The van der Waals surface area contributed by atoms with Gasteiger partial charge in [0.1, 0.15) is 24.9 Å². The number of hydrogen-bond acceptors (Lipinski definition) is 20. The number of carbonyl (C=O) groups is 6. The van der Waals surface area contributed by atoms with Crippen molar-refractivity contribution in [3.8, 4) is 0 Å². The average Bonchev–Trinajstić information content (AvgIpc) is 2.62. The van der Waals surface area contributed by atoms with Crippen LogP contribution in [-0.4, -0.2) is 122 Å². The van der Waals surface area contributed by atoms with E-state index in [1.54, 1.807) is 84.9 Å². The van der Waals surface area contributed by atoms with Crippen LogP contribution in [0.2, 0.25) is 0 Å². The Balaban J connectivity index is 1.24. The average molecular weight is 1180 g/mol. The number of aliphatic hydroxyl groups is 1. The molecule has 6 aromatic carbocycles. The minimum absolute atomic E-state index is 0.00851. The zero-order valence-electron chi connectivity index (χ0n) is 46.1. The van der Waals surface area contributed by atoms with Crippen molar-refractivity contribution in [2.45, 2.75) is 106 Å². The fraction of sp³-hybridized carbons (Fsp3) is 0.312. The summed E-state index contributed by atoms with van der Waals surface area (Å²) < 4.78 is 81.3. The highest BCUT2D eigenvalue weighted by Crippen LogP contribution is 2.45. The van der Waals surface area contributed by atoms with Crippen molar-refractivity contribution in [2.24, 2.45) is 0 Å². The molecule has 2 aliphatic heterocycles. The van der Waals surface area contributed by atoms with E-state index < -0.39 is 118 Å². The molecule has 2 saturated heterocycles. The van der Waals surface area contributed by atoms with Crippen molar-refractivity contribution in [1.29, 1.82) is 0 Å². The van der Waals surface area contributed by atoms with Gasteiger partial charge in [-0.15, -0.1) is 6.58 Å². The predicted octanol–water partition coefficient (Wildman–Crippen LogP) is 9.22. The lowest BCUT2D eigenvalue weighted by Gasteiger charge is -2.49. The van der Waals surface area contributed by atoms with Crippen LogP contribution >= 0.6 is 7.82 Å². The quantitative estimate of drug-likeness (QED) is 0.0158. The molecule has 1 N–H and O–H groups in total. The van der Waals surface area contributed by atoms with Crippen molar-refractivity contribution >= 4 is 43.6 Å². The summed E-state index contributed by atoms with van der Waals surface area (Å²) in [6.07, 6.45) is -12.7. The van der Waals surface area contributed by atoms with Gasteiger partial charge in [-0.2, -0.15) is 0 Å². The number of allylic oxidation sites excluding steroid dienone is 1. The van der Waals surface area contributed by atoms with Crippen molar-refractivity contribution < 1.29 is 95.0 Å². The van der Waals surface area contributed by atoms with Crippen LogP contribution in [0.15, 0.2) is 195 Å². The Labute approximate surface area is 491 Å². The van der Waals surface area contributed by atoms with Crippen molar-refractivity contribution in [2.75, 3.05) is 19.8 Å². The third-order valence-corrected chi connectivity index (χ3v) is 14.6. The van der Waals surface area contributed by atoms with Crippen LogP contribution < -0.4 is 4.89 Å². The normalized spacial score (nSPS) is 22.5. The SMILES string of the molecule is C=CCCCCCCCCOP(=O)([O-])O[C@H]1O[C@H](COC(=O)c2ccccc2)[C@@H](O[C@@H]2O[C@H](CO)[C@H](OC(=O)c3ccccc3)[C@H](OC(=O)c3ccccc3)[C@H]2OC(=O)c2ccccc2)[C@H](OC(=O)c2ccccc2)[C@@H]1OC(=O)c1ccccc1. The number of esters is 6. The summed E-state index contributed by atoms with van der Waals surface area (Å²) >= 11 is 0. The summed E-state index contributed by atoms with van der Waals surface area (Å²) in [5.41, 5.74) is -0.0765. The second-order valence-corrected chi connectivity index (χ2v) is 21.0. The molecule has 11 atom stereocenters. The highest BCUT2D eigenvalue weighted by molar-refractivity contribution is 7.45. The molecule has 0 aliphatic carbocycles. The number of rotatable bonds is 28. The Morgan fingerprint density at radius 3 is 1.20 bits per heavy atom. The Kier molecular flexibility index (Phi) is 23.4. The monoisotopic (exact) mass is 1180 g/mol. The van der Waals surface area contributed by atoms with E-state index in [4.69, 9.17) is 51.7 Å². The van der Waals surface area contributed by atoms with E-state index in [1.807, 2.05) is 6.08 Å². The molecular formula is C64H64O20P-. The third kappa shape index (κ3) is 17.9. The van der Waals surface area contributed by atoms with Gasteiger partial charge >= 0.3 is 35.8 Å². The molecule has 6 aromatic rings. The first kappa shape index (κ1) is 62.9. The van der Waals surface area contributed by atoms with Gasteiger partial charge in [-0.05, 0) is 92.1 Å². The van der Waals surface area contributed by atoms with E-state index in [1.165, 1.54) is 97.1 Å². The minimum Gasteiger partial charge on any atom is -0.756 e. The van der Waals surface area contributed by atoms with Gasteiger partial charge in [0.25, 0.3) is 7.82 Å². The van der Waals surface area contributed by atoms with Gasteiger partial charge < -0.3 is 57.2 Å². The number of hydrogen-bond donors (Lipinski definition) is 1. The Hall–Kier alpha value is -8.17. The number of carbonyl (C=O) groups excluding carboxylic acids is 6. The van der Waals surface area contributed by atoms with Crippen LogP contribution in [0.3, 0.4) is 0 Å². The summed E-state index contributed by atoms with van der Waals surface area (Å²) in [6.45, 7) is 1.56. The van der Waals surface area contributed by atoms with Crippen molar-refractivity contribution in [3.63, 3.8) is 0 Å². The van der Waals surface area contributed by atoms with Crippen LogP contribution in [0.5, 0.6) is 0 Å². The second kappa shape index (κ2) is 31.6. The van der Waals surface area contributed by atoms with Gasteiger partial charge in [-0.25, -0.2) is 28.8 Å². The zero-order valence-corrected chi connectivity index (χ0v) is 47.0. The molecule has 8 rings (SSSR count). The molecule has 0 amide bonds. The molecule has 1 unspecified atom stereocenters. The van der Waals surface area contributed by atoms with Gasteiger partial charge in [0, 0.05) is 0 Å². The molecule has 446 valence electrons. The van der Waals surface area contributed by atoms with E-state index in [0.29, 0.717) is 12.8 Å². The molecular weight excluding hydrogens is 1120 g/mol. The third-order valence-electron chi connectivity index (χ3n) is 13.6. The Morgan fingerprint density at radius 2 is 0.788 bits per heavy atom. The van der Waals surface area contributed by atoms with Gasteiger partial charge in [-0.3, -0.25) is 9.09 Å². The Bertz CT molecular complexity index is 3160. The molecule has 0 spiro atoms. The predicted molar refractivity (Wildman–Crippen MR) is 301 cm³/mol. The summed E-state index contributed by atoms with van der Waals surface area (Å²) in [6, 6.07) is 45.5. The smallest absolute Gasteiger partial charge is 0.338 e. The van der Waals surface area contributed by atoms with Crippen molar-refractivity contribution in [3.05, 3.63) is 228 Å². The highest BCUT2D eigenvalue weighted by atomic mass is 31.2. The highest BCUT2D eigenvalue weighted by Gasteiger charge is 2.58. The zero-order chi connectivity index (χ0) is 60.0. The number of benzene rings is 6. The van der Waals surface area contributed by atoms with Gasteiger partial charge in [-0.1, -0.05) is 141 Å².